The Balaban J connectivity index is 1.92. The molecule has 0 saturated heterocycles. The van der Waals surface area contributed by atoms with Crippen LogP contribution in [0, 0.1) is 0 Å². The summed E-state index contributed by atoms with van der Waals surface area (Å²) in [6.45, 7) is 6.24. The smallest absolute Gasteiger partial charge is 0.261 e. The van der Waals surface area contributed by atoms with Gasteiger partial charge in [-0.2, -0.15) is 0 Å². The average Bonchev–Trinajstić information content (AvgIpc) is 2.83. The molecule has 3 rings (SSSR count). The number of amides is 1. The van der Waals surface area contributed by atoms with E-state index < -0.39 is 27.3 Å². The van der Waals surface area contributed by atoms with Crippen molar-refractivity contribution >= 4 is 26.6 Å². The van der Waals surface area contributed by atoms with E-state index in [1.54, 1.807) is 0 Å². The summed E-state index contributed by atoms with van der Waals surface area (Å²) in [5.74, 6) is -0.770. The van der Waals surface area contributed by atoms with Gasteiger partial charge in [-0.05, 0) is 34.6 Å². The van der Waals surface area contributed by atoms with Gasteiger partial charge in [0.15, 0.2) is 9.84 Å². The van der Waals surface area contributed by atoms with E-state index in [0.29, 0.717) is 5.52 Å². The van der Waals surface area contributed by atoms with E-state index in [2.05, 4.69) is 31.1 Å². The Bertz CT molecular complexity index is 1040. The normalized spacial score (nSPS) is 19.2. The minimum atomic E-state index is -3.27. The highest BCUT2D eigenvalue weighted by Crippen LogP contribution is 2.25. The molecule has 0 bridgehead atoms. The van der Waals surface area contributed by atoms with Gasteiger partial charge in [0.05, 0.1) is 11.8 Å². The van der Waals surface area contributed by atoms with Crippen LogP contribution >= 0.6 is 0 Å². The summed E-state index contributed by atoms with van der Waals surface area (Å²) in [7, 11) is -3.27. The fraction of sp³-hybridized carbons (Fsp3) is 0.333. The van der Waals surface area contributed by atoms with Crippen molar-refractivity contribution in [1.82, 2.24) is 10.3 Å². The lowest BCUT2D eigenvalue weighted by atomic mass is 9.86. The highest BCUT2D eigenvalue weighted by Gasteiger charge is 2.24. The molecule has 1 aromatic heterocycles. The molecule has 1 aliphatic rings. The third-order valence-electron chi connectivity index (χ3n) is 4.20. The molecule has 25 heavy (non-hydrogen) atoms. The van der Waals surface area contributed by atoms with E-state index >= 15 is 0 Å². The molecule has 2 N–H and O–H groups in total. The highest BCUT2D eigenvalue weighted by atomic mass is 32.2. The van der Waals surface area contributed by atoms with Crippen LogP contribution in [-0.4, -0.2) is 31.1 Å². The van der Waals surface area contributed by atoms with E-state index in [-0.39, 0.29) is 16.7 Å². The number of H-pyrrole nitrogens is 1. The fourth-order valence-corrected chi connectivity index (χ4v) is 3.98. The maximum Gasteiger partial charge on any atom is 0.261 e. The minimum Gasteiger partial charge on any atom is -0.345 e. The Labute approximate surface area is 145 Å². The van der Waals surface area contributed by atoms with Crippen molar-refractivity contribution < 1.29 is 13.2 Å². The molecule has 7 heteroatoms. The predicted molar refractivity (Wildman–Crippen MR) is 97.4 cm³/mol. The number of aromatic amines is 1. The van der Waals surface area contributed by atoms with Crippen molar-refractivity contribution in [3.63, 3.8) is 0 Å². The monoisotopic (exact) mass is 360 g/mol. The van der Waals surface area contributed by atoms with E-state index in [0.717, 1.165) is 16.4 Å². The van der Waals surface area contributed by atoms with Crippen molar-refractivity contribution in [2.75, 3.05) is 5.75 Å². The Kier molecular flexibility index (Phi) is 4.07. The summed E-state index contributed by atoms with van der Waals surface area (Å²) in [5.41, 5.74) is 1.16. The molecular formula is C18H20N2O4S. The Hall–Kier alpha value is -2.41. The van der Waals surface area contributed by atoms with Gasteiger partial charge in [-0.3, -0.25) is 9.59 Å². The van der Waals surface area contributed by atoms with E-state index in [4.69, 9.17) is 0 Å². The quantitative estimate of drug-likeness (QED) is 0.854. The summed E-state index contributed by atoms with van der Waals surface area (Å²) in [5, 5.41) is 4.39. The van der Waals surface area contributed by atoms with Crippen LogP contribution in [-0.2, 0) is 15.3 Å². The number of benzene rings is 1. The zero-order chi connectivity index (χ0) is 18.4. The van der Waals surface area contributed by atoms with Crippen LogP contribution in [0.3, 0.4) is 0 Å². The molecule has 0 fully saturated rings. The number of fused-ring (bicyclic) bond motifs is 1. The average molecular weight is 360 g/mol. The van der Waals surface area contributed by atoms with Crippen molar-refractivity contribution in [1.29, 1.82) is 0 Å². The van der Waals surface area contributed by atoms with Crippen molar-refractivity contribution in [3.8, 4) is 0 Å². The maximum absolute atomic E-state index is 12.3. The van der Waals surface area contributed by atoms with Gasteiger partial charge in [0.25, 0.3) is 11.5 Å². The van der Waals surface area contributed by atoms with Crippen molar-refractivity contribution in [2.45, 2.75) is 32.2 Å². The molecule has 0 aliphatic carbocycles. The van der Waals surface area contributed by atoms with Gasteiger partial charge >= 0.3 is 0 Å². The van der Waals surface area contributed by atoms with E-state index in [1.165, 1.54) is 12.1 Å². The fourth-order valence-electron chi connectivity index (χ4n) is 2.75. The number of carbonyl (C=O) groups is 1. The van der Waals surface area contributed by atoms with Crippen LogP contribution in [0.5, 0.6) is 0 Å². The predicted octanol–water partition coefficient (Wildman–Crippen LogP) is 1.87. The summed E-state index contributed by atoms with van der Waals surface area (Å²) in [4.78, 5) is 27.4. The van der Waals surface area contributed by atoms with Crippen molar-refractivity contribution in [2.24, 2.45) is 0 Å². The number of hydrogen-bond acceptors (Lipinski definition) is 4. The SMILES string of the molecule is CC(C)(C)c1ccc2cc(C(=O)N[C@@H]3C=CS(=O)(=O)C3)c(=O)[nH]c2c1. The Morgan fingerprint density at radius 1 is 1.24 bits per heavy atom. The maximum atomic E-state index is 12.3. The molecule has 132 valence electrons. The van der Waals surface area contributed by atoms with Gasteiger partial charge in [-0.25, -0.2) is 8.42 Å². The number of hydrogen-bond donors (Lipinski definition) is 2. The lowest BCUT2D eigenvalue weighted by Crippen LogP contribution is -2.38. The number of carbonyl (C=O) groups excluding carboxylic acids is 1. The van der Waals surface area contributed by atoms with Crippen LogP contribution in [0.25, 0.3) is 10.9 Å². The standard InChI is InChI=1S/C18H20N2O4S/c1-18(2,3)12-5-4-11-8-14(17(22)20-15(11)9-12)16(21)19-13-6-7-25(23,24)10-13/h4-9,13H,10H2,1-3H3,(H,19,21)(H,20,22)/t13-/m1/s1. The number of pyridine rings is 1. The zero-order valence-corrected chi connectivity index (χ0v) is 15.1. The first-order valence-corrected chi connectivity index (χ1v) is 9.66. The van der Waals surface area contributed by atoms with Gasteiger partial charge in [0.2, 0.25) is 0 Å². The minimum absolute atomic E-state index is 0.0336. The lowest BCUT2D eigenvalue weighted by Gasteiger charge is -2.19. The molecule has 2 heterocycles. The molecule has 1 atom stereocenters. The largest absolute Gasteiger partial charge is 0.345 e. The molecule has 0 spiro atoms. The number of rotatable bonds is 2. The van der Waals surface area contributed by atoms with Crippen LogP contribution in [0.2, 0.25) is 0 Å². The lowest BCUT2D eigenvalue weighted by molar-refractivity contribution is 0.0946. The van der Waals surface area contributed by atoms with E-state index in [1.807, 2.05) is 18.2 Å². The topological polar surface area (TPSA) is 96.1 Å². The Morgan fingerprint density at radius 3 is 2.56 bits per heavy atom. The number of sulfone groups is 1. The first kappa shape index (κ1) is 17.4. The van der Waals surface area contributed by atoms with Gasteiger partial charge in [-0.15, -0.1) is 0 Å². The van der Waals surface area contributed by atoms with E-state index in [9.17, 15) is 18.0 Å². The van der Waals surface area contributed by atoms with Gasteiger partial charge in [-0.1, -0.05) is 32.9 Å². The molecule has 2 aromatic rings. The van der Waals surface area contributed by atoms with Crippen LogP contribution in [0.1, 0.15) is 36.7 Å². The summed E-state index contributed by atoms with van der Waals surface area (Å²) in [6, 6.07) is 6.65. The Morgan fingerprint density at radius 2 is 1.96 bits per heavy atom. The van der Waals surface area contributed by atoms with Crippen molar-refractivity contribution in [3.05, 3.63) is 57.2 Å². The van der Waals surface area contributed by atoms with Gasteiger partial charge in [0, 0.05) is 10.9 Å². The first-order chi connectivity index (χ1) is 11.5. The zero-order valence-electron chi connectivity index (χ0n) is 14.3. The second-order valence-electron chi connectivity index (χ2n) is 7.30. The highest BCUT2D eigenvalue weighted by molar-refractivity contribution is 7.94. The molecule has 0 saturated carbocycles. The second-order valence-corrected chi connectivity index (χ2v) is 9.23. The van der Waals surface area contributed by atoms with Gasteiger partial charge < -0.3 is 10.3 Å². The van der Waals surface area contributed by atoms with Gasteiger partial charge in [0.1, 0.15) is 5.56 Å². The third-order valence-corrected chi connectivity index (χ3v) is 5.60. The second kappa shape index (κ2) is 5.84. The number of nitrogens with one attached hydrogen (secondary N) is 2. The molecular weight excluding hydrogens is 340 g/mol. The molecule has 0 unspecified atom stereocenters. The molecule has 0 radical (unpaired) electrons. The molecule has 1 aliphatic heterocycles. The van der Waals surface area contributed by atoms with Crippen LogP contribution in [0.15, 0.2) is 40.5 Å². The molecule has 1 amide bonds. The number of aromatic nitrogens is 1. The summed E-state index contributed by atoms with van der Waals surface area (Å²) >= 11 is 0. The first-order valence-electron chi connectivity index (χ1n) is 7.94. The molecule has 1 aromatic carbocycles. The van der Waals surface area contributed by atoms with Crippen LogP contribution in [0.4, 0.5) is 0 Å². The summed E-state index contributed by atoms with van der Waals surface area (Å²) < 4.78 is 22.8. The summed E-state index contributed by atoms with van der Waals surface area (Å²) in [6.07, 6.45) is 1.41. The van der Waals surface area contributed by atoms with Crippen LogP contribution < -0.4 is 10.9 Å². The molecule has 6 nitrogen and oxygen atoms in total. The third kappa shape index (κ3) is 3.66.